The lowest BCUT2D eigenvalue weighted by Crippen LogP contribution is -2.45. The Morgan fingerprint density at radius 3 is 2.47 bits per heavy atom. The van der Waals surface area contributed by atoms with Crippen molar-refractivity contribution < 1.29 is 9.47 Å². The summed E-state index contributed by atoms with van der Waals surface area (Å²) in [5.41, 5.74) is 1.08. The molecule has 0 radical (unpaired) electrons. The number of rotatable bonds is 5. The van der Waals surface area contributed by atoms with Gasteiger partial charge in [-0.1, -0.05) is 18.7 Å². The van der Waals surface area contributed by atoms with Gasteiger partial charge in [-0.2, -0.15) is 0 Å². The van der Waals surface area contributed by atoms with Crippen molar-refractivity contribution in [1.82, 2.24) is 4.90 Å². The van der Waals surface area contributed by atoms with Crippen LogP contribution in [-0.4, -0.2) is 43.9 Å². The van der Waals surface area contributed by atoms with Crippen LogP contribution in [0.15, 0.2) is 24.5 Å². The molecule has 1 unspecified atom stereocenters. The Hall–Kier alpha value is -0.800. The lowest BCUT2D eigenvalue weighted by Gasteiger charge is -2.35. The Morgan fingerprint density at radius 1 is 1.40 bits per heavy atom. The van der Waals surface area contributed by atoms with Crippen LogP contribution in [0.25, 0.3) is 0 Å². The molecule has 15 heavy (non-hydrogen) atoms. The molecule has 1 atom stereocenters. The first kappa shape index (κ1) is 12.3. The van der Waals surface area contributed by atoms with Crippen molar-refractivity contribution >= 4 is 0 Å². The van der Waals surface area contributed by atoms with Crippen LogP contribution in [0.5, 0.6) is 0 Å². The number of hydrogen-bond donors (Lipinski definition) is 0. The monoisotopic (exact) mass is 211 g/mol. The molecule has 86 valence electrons. The highest BCUT2D eigenvalue weighted by Gasteiger charge is 2.24. The zero-order chi connectivity index (χ0) is 11.3. The van der Waals surface area contributed by atoms with Crippen molar-refractivity contribution in [2.24, 2.45) is 0 Å². The summed E-state index contributed by atoms with van der Waals surface area (Å²) in [6.45, 7) is 16.0. The summed E-state index contributed by atoms with van der Waals surface area (Å²) >= 11 is 0. The van der Waals surface area contributed by atoms with Gasteiger partial charge in [0.1, 0.15) is 5.76 Å². The first-order valence-corrected chi connectivity index (χ1v) is 5.45. The average Bonchev–Trinajstić information content (AvgIpc) is 2.19. The fourth-order valence-corrected chi connectivity index (χ4v) is 1.89. The van der Waals surface area contributed by atoms with Crippen molar-refractivity contribution in [3.63, 3.8) is 0 Å². The maximum absolute atomic E-state index is 5.48. The normalized spacial score (nSPS) is 19.6. The topological polar surface area (TPSA) is 21.7 Å². The van der Waals surface area contributed by atoms with E-state index in [2.05, 4.69) is 18.1 Å². The SMILES string of the molecule is C=C(C)C(C(=C)OCC)N1CCOCC1. The van der Waals surface area contributed by atoms with Gasteiger partial charge in [0, 0.05) is 13.1 Å². The Balaban J connectivity index is 2.63. The third-order valence-corrected chi connectivity index (χ3v) is 2.51. The molecule has 3 nitrogen and oxygen atoms in total. The second-order valence-corrected chi connectivity index (χ2v) is 3.80. The van der Waals surface area contributed by atoms with E-state index in [0.717, 1.165) is 37.6 Å². The Kier molecular flexibility index (Phi) is 4.85. The van der Waals surface area contributed by atoms with Crippen LogP contribution >= 0.6 is 0 Å². The number of ether oxygens (including phenoxy) is 2. The standard InChI is InChI=1S/C12H21NO2/c1-5-15-11(4)12(10(2)3)13-6-8-14-9-7-13/h12H,2,4-9H2,1,3H3. The van der Waals surface area contributed by atoms with E-state index in [0.29, 0.717) is 6.61 Å². The number of nitrogens with zero attached hydrogens (tertiary/aromatic N) is 1. The lowest BCUT2D eigenvalue weighted by atomic mass is 10.1. The zero-order valence-electron chi connectivity index (χ0n) is 9.79. The highest BCUT2D eigenvalue weighted by molar-refractivity contribution is 5.16. The quantitative estimate of drug-likeness (QED) is 0.511. The van der Waals surface area contributed by atoms with Gasteiger partial charge in [0.05, 0.1) is 25.9 Å². The van der Waals surface area contributed by atoms with Gasteiger partial charge in [0.2, 0.25) is 0 Å². The van der Waals surface area contributed by atoms with Gasteiger partial charge in [-0.15, -0.1) is 0 Å². The van der Waals surface area contributed by atoms with Crippen LogP contribution in [0, 0.1) is 0 Å². The van der Waals surface area contributed by atoms with Crippen LogP contribution < -0.4 is 0 Å². The molecule has 0 amide bonds. The molecule has 3 heteroatoms. The zero-order valence-corrected chi connectivity index (χ0v) is 9.79. The van der Waals surface area contributed by atoms with Crippen molar-refractivity contribution in [2.75, 3.05) is 32.9 Å². The molecule has 1 heterocycles. The van der Waals surface area contributed by atoms with Gasteiger partial charge < -0.3 is 9.47 Å². The number of hydrogen-bond acceptors (Lipinski definition) is 3. The minimum Gasteiger partial charge on any atom is -0.497 e. The highest BCUT2D eigenvalue weighted by Crippen LogP contribution is 2.18. The Morgan fingerprint density at radius 2 is 2.00 bits per heavy atom. The third-order valence-electron chi connectivity index (χ3n) is 2.51. The predicted octanol–water partition coefficient (Wildman–Crippen LogP) is 1.81. The summed E-state index contributed by atoms with van der Waals surface area (Å²) in [7, 11) is 0. The number of morpholine rings is 1. The summed E-state index contributed by atoms with van der Waals surface area (Å²) in [5, 5.41) is 0. The average molecular weight is 211 g/mol. The van der Waals surface area contributed by atoms with Gasteiger partial charge in [-0.25, -0.2) is 0 Å². The molecule has 0 aromatic heterocycles. The molecule has 1 aliphatic rings. The van der Waals surface area contributed by atoms with Crippen LogP contribution in [-0.2, 0) is 9.47 Å². The second-order valence-electron chi connectivity index (χ2n) is 3.80. The minimum absolute atomic E-state index is 0.133. The summed E-state index contributed by atoms with van der Waals surface area (Å²) in [6.07, 6.45) is 0. The predicted molar refractivity (Wildman–Crippen MR) is 61.8 cm³/mol. The first-order valence-electron chi connectivity index (χ1n) is 5.45. The molecular weight excluding hydrogens is 190 g/mol. The van der Waals surface area contributed by atoms with E-state index in [4.69, 9.17) is 9.47 Å². The summed E-state index contributed by atoms with van der Waals surface area (Å²) < 4.78 is 10.8. The fraction of sp³-hybridized carbons (Fsp3) is 0.667. The Labute approximate surface area is 92.4 Å². The molecule has 1 fully saturated rings. The van der Waals surface area contributed by atoms with E-state index in [9.17, 15) is 0 Å². The molecule has 0 aromatic carbocycles. The third kappa shape index (κ3) is 3.36. The van der Waals surface area contributed by atoms with Crippen molar-refractivity contribution in [3.05, 3.63) is 24.5 Å². The van der Waals surface area contributed by atoms with E-state index >= 15 is 0 Å². The van der Waals surface area contributed by atoms with Crippen LogP contribution in [0.4, 0.5) is 0 Å². The highest BCUT2D eigenvalue weighted by atomic mass is 16.5. The van der Waals surface area contributed by atoms with Crippen molar-refractivity contribution in [3.8, 4) is 0 Å². The molecule has 0 aromatic rings. The minimum atomic E-state index is 0.133. The van der Waals surface area contributed by atoms with Crippen LogP contribution in [0.1, 0.15) is 13.8 Å². The molecule has 0 N–H and O–H groups in total. The lowest BCUT2D eigenvalue weighted by molar-refractivity contribution is 0.0187. The molecule has 0 spiro atoms. The van der Waals surface area contributed by atoms with Gasteiger partial charge in [-0.3, -0.25) is 4.90 Å². The van der Waals surface area contributed by atoms with E-state index in [1.165, 1.54) is 0 Å². The molecule has 1 rings (SSSR count). The van der Waals surface area contributed by atoms with Gasteiger partial charge >= 0.3 is 0 Å². The largest absolute Gasteiger partial charge is 0.497 e. The first-order chi connectivity index (χ1) is 7.16. The maximum atomic E-state index is 5.48. The summed E-state index contributed by atoms with van der Waals surface area (Å²) in [6, 6.07) is 0.133. The molecular formula is C12H21NO2. The van der Waals surface area contributed by atoms with Crippen LogP contribution in [0.3, 0.4) is 0 Å². The van der Waals surface area contributed by atoms with E-state index in [1.807, 2.05) is 13.8 Å². The summed E-state index contributed by atoms with van der Waals surface area (Å²) in [5.74, 6) is 0.798. The van der Waals surface area contributed by atoms with Gasteiger partial charge in [0.15, 0.2) is 0 Å². The molecule has 0 bridgehead atoms. The maximum Gasteiger partial charge on any atom is 0.110 e. The van der Waals surface area contributed by atoms with Gasteiger partial charge in [0.25, 0.3) is 0 Å². The van der Waals surface area contributed by atoms with E-state index < -0.39 is 0 Å². The molecule has 0 saturated carbocycles. The van der Waals surface area contributed by atoms with Gasteiger partial charge in [-0.05, 0) is 13.8 Å². The fourth-order valence-electron chi connectivity index (χ4n) is 1.89. The van der Waals surface area contributed by atoms with E-state index in [-0.39, 0.29) is 6.04 Å². The summed E-state index contributed by atoms with van der Waals surface area (Å²) in [4.78, 5) is 2.31. The van der Waals surface area contributed by atoms with Crippen molar-refractivity contribution in [1.29, 1.82) is 0 Å². The van der Waals surface area contributed by atoms with E-state index in [1.54, 1.807) is 0 Å². The molecule has 0 aliphatic carbocycles. The van der Waals surface area contributed by atoms with Crippen molar-refractivity contribution in [2.45, 2.75) is 19.9 Å². The Bertz CT molecular complexity index is 232. The molecule has 1 saturated heterocycles. The smallest absolute Gasteiger partial charge is 0.110 e. The molecule has 1 aliphatic heterocycles. The second kappa shape index (κ2) is 5.93. The van der Waals surface area contributed by atoms with Crippen LogP contribution in [0.2, 0.25) is 0 Å².